The van der Waals surface area contributed by atoms with E-state index in [1.807, 2.05) is 42.5 Å². The molecule has 0 heterocycles. The highest BCUT2D eigenvalue weighted by Crippen LogP contribution is 2.39. The Kier molecular flexibility index (Phi) is 3.84. The van der Waals surface area contributed by atoms with Crippen LogP contribution >= 0.6 is 0 Å². The summed E-state index contributed by atoms with van der Waals surface area (Å²) in [6, 6.07) is 10.1. The van der Waals surface area contributed by atoms with Gasteiger partial charge in [0.25, 0.3) is 0 Å². The van der Waals surface area contributed by atoms with Gasteiger partial charge in [0.1, 0.15) is 5.76 Å². The van der Waals surface area contributed by atoms with Gasteiger partial charge in [0, 0.05) is 19.8 Å². The first kappa shape index (κ1) is 12.9. The van der Waals surface area contributed by atoms with Gasteiger partial charge in [-0.15, -0.1) is 0 Å². The molecule has 1 aliphatic rings. The first-order valence-electron chi connectivity index (χ1n) is 5.87. The molecule has 0 amide bonds. The summed E-state index contributed by atoms with van der Waals surface area (Å²) in [7, 11) is 4.96. The maximum absolute atomic E-state index is 5.62. The summed E-state index contributed by atoms with van der Waals surface area (Å²) in [6.45, 7) is 0. The van der Waals surface area contributed by atoms with Crippen molar-refractivity contribution >= 4 is 5.57 Å². The van der Waals surface area contributed by atoms with Gasteiger partial charge >= 0.3 is 0 Å². The van der Waals surface area contributed by atoms with E-state index in [1.165, 1.54) is 0 Å². The molecule has 96 valence electrons. The lowest BCUT2D eigenvalue weighted by molar-refractivity contribution is -0.165. The third kappa shape index (κ3) is 2.19. The molecule has 0 unspecified atom stereocenters. The molecule has 0 aromatic heterocycles. The molecule has 0 saturated carbocycles. The fraction of sp³-hybridized carbons (Fsp3) is 0.333. The van der Waals surface area contributed by atoms with Crippen molar-refractivity contribution in [2.45, 2.75) is 12.2 Å². The summed E-state index contributed by atoms with van der Waals surface area (Å²) in [5, 5.41) is 0. The molecule has 1 aromatic rings. The Hall–Kier alpha value is -1.58. The second-order valence-corrected chi connectivity index (χ2v) is 4.12. The molecule has 3 heteroatoms. The lowest BCUT2D eigenvalue weighted by atomic mass is 9.90. The first-order chi connectivity index (χ1) is 8.75. The second-order valence-electron chi connectivity index (χ2n) is 4.12. The zero-order chi connectivity index (χ0) is 13.0. The number of rotatable bonds is 4. The summed E-state index contributed by atoms with van der Waals surface area (Å²) in [5.41, 5.74) is 2.10. The number of ether oxygens (including phenoxy) is 3. The van der Waals surface area contributed by atoms with Crippen LogP contribution in [0.4, 0.5) is 0 Å². The van der Waals surface area contributed by atoms with E-state index in [0.29, 0.717) is 6.42 Å². The number of methoxy groups -OCH3 is 3. The largest absolute Gasteiger partial charge is 0.501 e. The van der Waals surface area contributed by atoms with Crippen LogP contribution in [0, 0.1) is 0 Å². The van der Waals surface area contributed by atoms with Crippen molar-refractivity contribution in [2.24, 2.45) is 0 Å². The standard InChI is InChI=1S/C15H18O3/c1-16-13-9-10-14(12-7-5-4-6-8-12)15(11-13,17-2)18-3/h4-10H,11H2,1-3H3. The highest BCUT2D eigenvalue weighted by Gasteiger charge is 2.38. The zero-order valence-electron chi connectivity index (χ0n) is 11.0. The summed E-state index contributed by atoms with van der Waals surface area (Å²) in [4.78, 5) is 0. The minimum Gasteiger partial charge on any atom is -0.501 e. The summed E-state index contributed by atoms with van der Waals surface area (Å²) in [5.74, 6) is 0.0694. The number of allylic oxidation sites excluding steroid dienone is 2. The smallest absolute Gasteiger partial charge is 0.202 e. The van der Waals surface area contributed by atoms with Crippen LogP contribution in [-0.2, 0) is 14.2 Å². The van der Waals surface area contributed by atoms with Gasteiger partial charge in [-0.05, 0) is 17.7 Å². The fourth-order valence-corrected chi connectivity index (χ4v) is 2.21. The van der Waals surface area contributed by atoms with Crippen molar-refractivity contribution in [1.82, 2.24) is 0 Å². The Morgan fingerprint density at radius 2 is 1.61 bits per heavy atom. The van der Waals surface area contributed by atoms with Crippen LogP contribution in [0.1, 0.15) is 12.0 Å². The van der Waals surface area contributed by atoms with Crippen molar-refractivity contribution in [2.75, 3.05) is 21.3 Å². The van der Waals surface area contributed by atoms with Crippen LogP contribution in [0.3, 0.4) is 0 Å². The predicted molar refractivity (Wildman–Crippen MR) is 70.9 cm³/mol. The highest BCUT2D eigenvalue weighted by molar-refractivity contribution is 5.74. The van der Waals surface area contributed by atoms with Gasteiger partial charge in [0.15, 0.2) is 0 Å². The maximum Gasteiger partial charge on any atom is 0.202 e. The molecule has 0 bridgehead atoms. The molecule has 1 aromatic carbocycles. The van der Waals surface area contributed by atoms with E-state index < -0.39 is 5.79 Å². The Morgan fingerprint density at radius 3 is 2.17 bits per heavy atom. The van der Waals surface area contributed by atoms with E-state index in [2.05, 4.69) is 0 Å². The maximum atomic E-state index is 5.62. The van der Waals surface area contributed by atoms with Crippen molar-refractivity contribution in [3.8, 4) is 0 Å². The molecular formula is C15H18O3. The van der Waals surface area contributed by atoms with Crippen LogP contribution in [0.25, 0.3) is 5.57 Å². The van der Waals surface area contributed by atoms with E-state index in [9.17, 15) is 0 Å². The summed E-state index contributed by atoms with van der Waals surface area (Å²) in [6.07, 6.45) is 4.51. The molecule has 3 nitrogen and oxygen atoms in total. The van der Waals surface area contributed by atoms with Gasteiger partial charge in [-0.25, -0.2) is 0 Å². The van der Waals surface area contributed by atoms with Crippen LogP contribution in [-0.4, -0.2) is 27.1 Å². The minimum atomic E-state index is -0.776. The summed E-state index contributed by atoms with van der Waals surface area (Å²) < 4.78 is 16.5. The second kappa shape index (κ2) is 5.38. The van der Waals surface area contributed by atoms with Gasteiger partial charge in [-0.3, -0.25) is 0 Å². The van der Waals surface area contributed by atoms with Gasteiger partial charge in [-0.1, -0.05) is 30.3 Å². The van der Waals surface area contributed by atoms with Gasteiger partial charge in [0.2, 0.25) is 5.79 Å². The third-order valence-corrected chi connectivity index (χ3v) is 3.26. The average molecular weight is 246 g/mol. The highest BCUT2D eigenvalue weighted by atomic mass is 16.7. The van der Waals surface area contributed by atoms with Crippen molar-refractivity contribution in [3.63, 3.8) is 0 Å². The lowest BCUT2D eigenvalue weighted by Crippen LogP contribution is -2.37. The van der Waals surface area contributed by atoms with Gasteiger partial charge in [-0.2, -0.15) is 0 Å². The van der Waals surface area contributed by atoms with Crippen LogP contribution in [0.5, 0.6) is 0 Å². The topological polar surface area (TPSA) is 27.7 Å². The van der Waals surface area contributed by atoms with E-state index in [4.69, 9.17) is 14.2 Å². The van der Waals surface area contributed by atoms with E-state index >= 15 is 0 Å². The molecule has 0 spiro atoms. The van der Waals surface area contributed by atoms with Crippen LogP contribution in [0.2, 0.25) is 0 Å². The average Bonchev–Trinajstić information content (AvgIpc) is 2.47. The Labute approximate surface area is 108 Å². The molecule has 0 N–H and O–H groups in total. The fourth-order valence-electron chi connectivity index (χ4n) is 2.21. The molecule has 0 saturated heterocycles. The molecule has 0 aliphatic heterocycles. The van der Waals surface area contributed by atoms with E-state index in [-0.39, 0.29) is 0 Å². The van der Waals surface area contributed by atoms with E-state index in [1.54, 1.807) is 21.3 Å². The molecule has 0 radical (unpaired) electrons. The first-order valence-corrected chi connectivity index (χ1v) is 5.87. The molecule has 1 aliphatic carbocycles. The Morgan fingerprint density at radius 1 is 0.944 bits per heavy atom. The van der Waals surface area contributed by atoms with E-state index in [0.717, 1.165) is 16.9 Å². The molecular weight excluding hydrogens is 228 g/mol. The summed E-state index contributed by atoms with van der Waals surface area (Å²) >= 11 is 0. The monoisotopic (exact) mass is 246 g/mol. The molecule has 2 rings (SSSR count). The zero-order valence-corrected chi connectivity index (χ0v) is 11.0. The molecule has 0 atom stereocenters. The Balaban J connectivity index is 2.47. The third-order valence-electron chi connectivity index (χ3n) is 3.26. The van der Waals surface area contributed by atoms with Crippen molar-refractivity contribution < 1.29 is 14.2 Å². The van der Waals surface area contributed by atoms with Crippen LogP contribution < -0.4 is 0 Å². The normalized spacial score (nSPS) is 17.9. The van der Waals surface area contributed by atoms with Crippen LogP contribution in [0.15, 0.2) is 48.2 Å². The van der Waals surface area contributed by atoms with Crippen molar-refractivity contribution in [3.05, 3.63) is 53.8 Å². The predicted octanol–water partition coefficient (Wildman–Crippen LogP) is 2.99. The quantitative estimate of drug-likeness (QED) is 0.764. The van der Waals surface area contributed by atoms with Gasteiger partial charge in [0.05, 0.1) is 13.5 Å². The number of hydrogen-bond donors (Lipinski definition) is 0. The molecule has 0 fully saturated rings. The number of benzene rings is 1. The minimum absolute atomic E-state index is 0.567. The molecule has 18 heavy (non-hydrogen) atoms. The van der Waals surface area contributed by atoms with Crippen molar-refractivity contribution in [1.29, 1.82) is 0 Å². The van der Waals surface area contributed by atoms with Gasteiger partial charge < -0.3 is 14.2 Å². The Bertz CT molecular complexity index is 456. The number of hydrogen-bond acceptors (Lipinski definition) is 3. The SMILES string of the molecule is COC1=CC=C(c2ccccc2)C(OC)(OC)C1. The lowest BCUT2D eigenvalue weighted by Gasteiger charge is -2.36.